The van der Waals surface area contributed by atoms with Gasteiger partial charge in [-0.3, -0.25) is 9.36 Å². The summed E-state index contributed by atoms with van der Waals surface area (Å²) in [6.45, 7) is 2.17. The molecule has 3 nitrogen and oxygen atoms in total. The number of nitrogens with zero attached hydrogens (tertiary/aromatic N) is 2. The quantitative estimate of drug-likeness (QED) is 0.651. The van der Waals surface area contributed by atoms with E-state index in [2.05, 4.69) is 40.0 Å². The van der Waals surface area contributed by atoms with Gasteiger partial charge in [0.25, 0.3) is 5.91 Å². The lowest BCUT2D eigenvalue weighted by atomic mass is 9.96. The van der Waals surface area contributed by atoms with Gasteiger partial charge in [-0.2, -0.15) is 0 Å². The van der Waals surface area contributed by atoms with Gasteiger partial charge in [-0.05, 0) is 61.8 Å². The molecule has 1 fully saturated rings. The molecule has 1 saturated heterocycles. The van der Waals surface area contributed by atoms with Gasteiger partial charge in [0.05, 0.1) is 5.52 Å². The van der Waals surface area contributed by atoms with Crippen molar-refractivity contribution in [3.05, 3.63) is 70.3 Å². The second kappa shape index (κ2) is 6.19. The van der Waals surface area contributed by atoms with E-state index >= 15 is 0 Å². The maximum absolute atomic E-state index is 13.0. The van der Waals surface area contributed by atoms with Crippen molar-refractivity contribution in [3.63, 3.8) is 0 Å². The van der Waals surface area contributed by atoms with Crippen molar-refractivity contribution in [2.24, 2.45) is 0 Å². The van der Waals surface area contributed by atoms with Gasteiger partial charge in [0.1, 0.15) is 0 Å². The van der Waals surface area contributed by atoms with Crippen molar-refractivity contribution in [2.45, 2.75) is 12.3 Å². The van der Waals surface area contributed by atoms with E-state index in [0.29, 0.717) is 5.92 Å². The van der Waals surface area contributed by atoms with E-state index in [0.717, 1.165) is 40.4 Å². The zero-order chi connectivity index (χ0) is 16.7. The van der Waals surface area contributed by atoms with Crippen LogP contribution in [0.1, 0.15) is 28.3 Å². The molecule has 4 heteroatoms. The first-order valence-electron chi connectivity index (χ1n) is 8.21. The molecule has 0 spiro atoms. The fourth-order valence-corrected chi connectivity index (χ4v) is 4.09. The third-order valence-electron chi connectivity index (χ3n) is 4.85. The molecule has 0 radical (unpaired) electrons. The number of likely N-dealkylation sites (N-methyl/N-ethyl adjacent to an activating group) is 1. The van der Waals surface area contributed by atoms with Gasteiger partial charge in [0, 0.05) is 28.2 Å². The maximum Gasteiger partial charge on any atom is 0.262 e. The van der Waals surface area contributed by atoms with Crippen LogP contribution in [0.5, 0.6) is 0 Å². The SMILES string of the molecule is CN1CCC(c2cc(Br)cc(C(=O)n3ccc4ccccc43)c2)C1. The molecule has 122 valence electrons. The third kappa shape index (κ3) is 2.80. The molecule has 2 heterocycles. The molecular formula is C20H19BrN2O. The van der Waals surface area contributed by atoms with Crippen LogP contribution in [0.4, 0.5) is 0 Å². The smallest absolute Gasteiger partial charge is 0.262 e. The number of aromatic nitrogens is 1. The van der Waals surface area contributed by atoms with E-state index in [-0.39, 0.29) is 5.91 Å². The lowest BCUT2D eigenvalue weighted by Crippen LogP contribution is -2.14. The first-order chi connectivity index (χ1) is 11.6. The number of carbonyl (C=O) groups excluding carboxylic acids is 1. The van der Waals surface area contributed by atoms with Crippen molar-refractivity contribution in [1.29, 1.82) is 0 Å². The number of rotatable bonds is 2. The fraction of sp³-hybridized carbons (Fsp3) is 0.250. The van der Waals surface area contributed by atoms with Gasteiger partial charge in [-0.15, -0.1) is 0 Å². The predicted octanol–water partition coefficient (Wildman–Crippen LogP) is 4.51. The van der Waals surface area contributed by atoms with Crippen LogP contribution in [0.2, 0.25) is 0 Å². The molecule has 1 aliphatic rings. The molecule has 1 aromatic heterocycles. The van der Waals surface area contributed by atoms with Crippen molar-refractivity contribution in [2.75, 3.05) is 20.1 Å². The molecule has 3 aromatic rings. The highest BCUT2D eigenvalue weighted by Crippen LogP contribution is 2.30. The Labute approximate surface area is 150 Å². The number of halogens is 1. The molecule has 1 aliphatic heterocycles. The van der Waals surface area contributed by atoms with Crippen LogP contribution in [0.25, 0.3) is 10.9 Å². The van der Waals surface area contributed by atoms with Crippen LogP contribution >= 0.6 is 15.9 Å². The highest BCUT2D eigenvalue weighted by molar-refractivity contribution is 9.10. The van der Waals surface area contributed by atoms with Gasteiger partial charge in [-0.1, -0.05) is 34.1 Å². The first-order valence-corrected chi connectivity index (χ1v) is 9.01. The first kappa shape index (κ1) is 15.6. The lowest BCUT2D eigenvalue weighted by Gasteiger charge is -2.13. The van der Waals surface area contributed by atoms with Crippen LogP contribution in [0.3, 0.4) is 0 Å². The number of hydrogen-bond donors (Lipinski definition) is 0. The Morgan fingerprint density at radius 1 is 1.17 bits per heavy atom. The average molecular weight is 383 g/mol. The Hall–Kier alpha value is -1.91. The topological polar surface area (TPSA) is 25.2 Å². The Morgan fingerprint density at radius 3 is 2.79 bits per heavy atom. The Morgan fingerprint density at radius 2 is 2.00 bits per heavy atom. The molecule has 1 unspecified atom stereocenters. The molecule has 1 atom stereocenters. The van der Waals surface area contributed by atoms with Gasteiger partial charge >= 0.3 is 0 Å². The minimum atomic E-state index is 0.0186. The summed E-state index contributed by atoms with van der Waals surface area (Å²) in [4.78, 5) is 15.4. The summed E-state index contributed by atoms with van der Waals surface area (Å²) in [5.74, 6) is 0.519. The van der Waals surface area contributed by atoms with Crippen LogP contribution in [0, 0.1) is 0 Å². The summed E-state index contributed by atoms with van der Waals surface area (Å²) in [5, 5.41) is 1.08. The largest absolute Gasteiger partial charge is 0.306 e. The third-order valence-corrected chi connectivity index (χ3v) is 5.31. The predicted molar refractivity (Wildman–Crippen MR) is 101 cm³/mol. The molecule has 0 N–H and O–H groups in total. The molecule has 2 aromatic carbocycles. The summed E-state index contributed by atoms with van der Waals surface area (Å²) in [5.41, 5.74) is 2.92. The van der Waals surface area contributed by atoms with Crippen molar-refractivity contribution >= 4 is 32.7 Å². The van der Waals surface area contributed by atoms with Crippen molar-refractivity contribution in [1.82, 2.24) is 9.47 Å². The lowest BCUT2D eigenvalue weighted by molar-refractivity contribution is 0.0965. The van der Waals surface area contributed by atoms with E-state index in [1.165, 1.54) is 5.56 Å². The molecule has 4 rings (SSSR count). The van der Waals surface area contributed by atoms with E-state index in [1.807, 2.05) is 42.6 Å². The summed E-state index contributed by atoms with van der Waals surface area (Å²) < 4.78 is 2.70. The summed E-state index contributed by atoms with van der Waals surface area (Å²) in [7, 11) is 2.15. The van der Waals surface area contributed by atoms with E-state index in [9.17, 15) is 4.79 Å². The van der Waals surface area contributed by atoms with E-state index in [1.54, 1.807) is 4.57 Å². The monoisotopic (exact) mass is 382 g/mol. The number of likely N-dealkylation sites (tertiary alicyclic amines) is 1. The van der Waals surface area contributed by atoms with E-state index in [4.69, 9.17) is 0 Å². The van der Waals surface area contributed by atoms with Gasteiger partial charge in [0.15, 0.2) is 0 Å². The van der Waals surface area contributed by atoms with Gasteiger partial charge in [-0.25, -0.2) is 0 Å². The number of fused-ring (bicyclic) bond motifs is 1. The van der Waals surface area contributed by atoms with E-state index < -0.39 is 0 Å². The van der Waals surface area contributed by atoms with Crippen molar-refractivity contribution < 1.29 is 4.79 Å². The fourth-order valence-electron chi connectivity index (χ4n) is 3.58. The molecular weight excluding hydrogens is 364 g/mol. The second-order valence-electron chi connectivity index (χ2n) is 6.57. The normalized spacial score (nSPS) is 18.3. The van der Waals surface area contributed by atoms with Crippen molar-refractivity contribution in [3.8, 4) is 0 Å². The number of carbonyl (C=O) groups is 1. The van der Waals surface area contributed by atoms with Gasteiger partial charge in [0.2, 0.25) is 0 Å². The van der Waals surface area contributed by atoms with Crippen LogP contribution in [-0.2, 0) is 0 Å². The van der Waals surface area contributed by atoms with Crippen LogP contribution in [-0.4, -0.2) is 35.5 Å². The Kier molecular flexibility index (Phi) is 4.02. The number of hydrogen-bond acceptors (Lipinski definition) is 2. The molecule has 0 amide bonds. The molecule has 0 saturated carbocycles. The van der Waals surface area contributed by atoms with Crippen LogP contribution in [0.15, 0.2) is 59.2 Å². The second-order valence-corrected chi connectivity index (χ2v) is 7.49. The minimum absolute atomic E-state index is 0.0186. The molecule has 0 aliphatic carbocycles. The summed E-state index contributed by atoms with van der Waals surface area (Å²) in [6.07, 6.45) is 3.00. The Balaban J connectivity index is 1.73. The number of para-hydroxylation sites is 1. The Bertz CT molecular complexity index is 915. The van der Waals surface area contributed by atoms with Crippen LogP contribution < -0.4 is 0 Å². The van der Waals surface area contributed by atoms with Gasteiger partial charge < -0.3 is 4.90 Å². The summed E-state index contributed by atoms with van der Waals surface area (Å²) >= 11 is 3.58. The molecule has 24 heavy (non-hydrogen) atoms. The highest BCUT2D eigenvalue weighted by Gasteiger charge is 2.23. The number of benzene rings is 2. The maximum atomic E-state index is 13.0. The average Bonchev–Trinajstić information content (AvgIpc) is 3.20. The zero-order valence-corrected chi connectivity index (χ0v) is 15.2. The highest BCUT2D eigenvalue weighted by atomic mass is 79.9. The zero-order valence-electron chi connectivity index (χ0n) is 13.6. The standard InChI is InChI=1S/C20H19BrN2O/c1-22-8-6-15(13-22)16-10-17(12-18(21)11-16)20(24)23-9-7-14-4-2-3-5-19(14)23/h2-5,7,9-12,15H,6,8,13H2,1H3. The molecule has 0 bridgehead atoms. The minimum Gasteiger partial charge on any atom is -0.306 e. The summed E-state index contributed by atoms with van der Waals surface area (Å²) in [6, 6.07) is 16.1.